The molecule has 1 heterocycles. The van der Waals surface area contributed by atoms with Crippen LogP contribution in [0.1, 0.15) is 24.4 Å². The Hall–Kier alpha value is -0.370. The fraction of sp³-hybridized carbons (Fsp3) is 0.600. The maximum absolute atomic E-state index is 9.34. The van der Waals surface area contributed by atoms with E-state index in [4.69, 9.17) is 21.1 Å². The smallest absolute Gasteiger partial charge is 0.138 e. The third-order valence-electron chi connectivity index (χ3n) is 3.86. The second kappa shape index (κ2) is 7.95. The highest BCUT2D eigenvalue weighted by atomic mass is 79.9. The Kier molecular flexibility index (Phi) is 6.49. The van der Waals surface area contributed by atoms with Crippen molar-refractivity contribution in [2.75, 3.05) is 33.5 Å². The van der Waals surface area contributed by atoms with Gasteiger partial charge in [-0.3, -0.25) is 0 Å². The predicted octanol–water partition coefficient (Wildman–Crippen LogP) is 2.28. The standard InChI is InChI=1S/C15H21BrClNO4/c1-21-3-2-4-22-14-5-10(11(16)6-12(14)17)13-7-15(8-19,9-20)18-13/h5-6,13,18-20H,2-4,7-9H2,1H3. The highest BCUT2D eigenvalue weighted by Gasteiger charge is 2.44. The summed E-state index contributed by atoms with van der Waals surface area (Å²) in [6, 6.07) is 3.75. The highest BCUT2D eigenvalue weighted by molar-refractivity contribution is 9.10. The number of hydrogen-bond acceptors (Lipinski definition) is 5. The number of ether oxygens (including phenoxy) is 2. The number of aliphatic hydroxyl groups excluding tert-OH is 2. The zero-order valence-corrected chi connectivity index (χ0v) is 14.8. The minimum Gasteiger partial charge on any atom is -0.492 e. The van der Waals surface area contributed by atoms with Gasteiger partial charge in [0.2, 0.25) is 0 Å². The monoisotopic (exact) mass is 393 g/mol. The van der Waals surface area contributed by atoms with Gasteiger partial charge in [-0.05, 0) is 24.1 Å². The zero-order chi connectivity index (χ0) is 16.2. The lowest BCUT2D eigenvalue weighted by atomic mass is 9.79. The van der Waals surface area contributed by atoms with E-state index in [-0.39, 0.29) is 19.3 Å². The van der Waals surface area contributed by atoms with Gasteiger partial charge in [-0.1, -0.05) is 27.5 Å². The first kappa shape index (κ1) is 18.0. The van der Waals surface area contributed by atoms with Gasteiger partial charge in [0.1, 0.15) is 5.75 Å². The molecular formula is C15H21BrClNO4. The summed E-state index contributed by atoms with van der Waals surface area (Å²) in [4.78, 5) is 0. The van der Waals surface area contributed by atoms with Crippen LogP contribution in [0, 0.1) is 0 Å². The Morgan fingerprint density at radius 3 is 2.64 bits per heavy atom. The number of rotatable bonds is 8. The van der Waals surface area contributed by atoms with E-state index in [0.717, 1.165) is 16.5 Å². The fourth-order valence-corrected chi connectivity index (χ4v) is 3.47. The lowest BCUT2D eigenvalue weighted by Gasteiger charge is -2.47. The van der Waals surface area contributed by atoms with Gasteiger partial charge in [-0.2, -0.15) is 0 Å². The molecule has 3 N–H and O–H groups in total. The van der Waals surface area contributed by atoms with Crippen LogP contribution in [0.5, 0.6) is 5.75 Å². The van der Waals surface area contributed by atoms with E-state index in [0.29, 0.717) is 30.4 Å². The Morgan fingerprint density at radius 2 is 2.05 bits per heavy atom. The van der Waals surface area contributed by atoms with Crippen LogP contribution in [0.2, 0.25) is 5.02 Å². The van der Waals surface area contributed by atoms with E-state index in [1.165, 1.54) is 0 Å². The average molecular weight is 395 g/mol. The first-order valence-electron chi connectivity index (χ1n) is 7.15. The summed E-state index contributed by atoms with van der Waals surface area (Å²) in [5.41, 5.74) is 0.409. The molecule has 0 bridgehead atoms. The van der Waals surface area contributed by atoms with Crippen molar-refractivity contribution >= 4 is 27.5 Å². The minimum absolute atomic E-state index is 0.0484. The maximum Gasteiger partial charge on any atom is 0.138 e. The number of benzene rings is 1. The molecule has 1 unspecified atom stereocenters. The number of nitrogens with one attached hydrogen (secondary N) is 1. The van der Waals surface area contributed by atoms with Crippen LogP contribution in [-0.4, -0.2) is 49.3 Å². The number of halogens is 2. The van der Waals surface area contributed by atoms with Gasteiger partial charge >= 0.3 is 0 Å². The third kappa shape index (κ3) is 3.93. The summed E-state index contributed by atoms with van der Waals surface area (Å²) in [6.45, 7) is 0.988. The Labute approximate surface area is 143 Å². The molecule has 0 aromatic heterocycles. The molecule has 5 nitrogen and oxygen atoms in total. The molecule has 1 aliphatic heterocycles. The number of aliphatic hydroxyl groups is 2. The van der Waals surface area contributed by atoms with Crippen LogP contribution in [0.3, 0.4) is 0 Å². The molecular weight excluding hydrogens is 374 g/mol. The molecule has 1 aromatic carbocycles. The van der Waals surface area contributed by atoms with Crippen LogP contribution in [0.4, 0.5) is 0 Å². The molecule has 0 aliphatic carbocycles. The summed E-state index contributed by atoms with van der Waals surface area (Å²) in [6.07, 6.45) is 1.45. The van der Waals surface area contributed by atoms with Gasteiger partial charge in [0.25, 0.3) is 0 Å². The lowest BCUT2D eigenvalue weighted by Crippen LogP contribution is -2.63. The highest BCUT2D eigenvalue weighted by Crippen LogP contribution is 2.42. The second-order valence-corrected chi connectivity index (χ2v) is 6.76. The number of hydrogen-bond donors (Lipinski definition) is 3. The van der Waals surface area contributed by atoms with Crippen molar-refractivity contribution in [3.8, 4) is 5.75 Å². The molecule has 1 aliphatic rings. The van der Waals surface area contributed by atoms with Crippen molar-refractivity contribution < 1.29 is 19.7 Å². The maximum atomic E-state index is 9.34. The molecule has 0 saturated carbocycles. The molecule has 7 heteroatoms. The van der Waals surface area contributed by atoms with Crippen LogP contribution < -0.4 is 10.1 Å². The van der Waals surface area contributed by atoms with E-state index in [1.54, 1.807) is 7.11 Å². The largest absolute Gasteiger partial charge is 0.492 e. The Morgan fingerprint density at radius 1 is 1.36 bits per heavy atom. The van der Waals surface area contributed by atoms with Gasteiger partial charge < -0.3 is 25.0 Å². The second-order valence-electron chi connectivity index (χ2n) is 5.50. The van der Waals surface area contributed by atoms with E-state index in [2.05, 4.69) is 21.2 Å². The quantitative estimate of drug-likeness (QED) is 0.590. The molecule has 0 amide bonds. The minimum atomic E-state index is -0.594. The van der Waals surface area contributed by atoms with Crippen LogP contribution in [0.25, 0.3) is 0 Å². The lowest BCUT2D eigenvalue weighted by molar-refractivity contribution is 0.0104. The first-order chi connectivity index (χ1) is 10.5. The molecule has 1 fully saturated rings. The number of methoxy groups -OCH3 is 1. The molecule has 1 aromatic rings. The summed E-state index contributed by atoms with van der Waals surface area (Å²) in [7, 11) is 1.65. The zero-order valence-electron chi connectivity index (χ0n) is 12.4. The molecule has 22 heavy (non-hydrogen) atoms. The summed E-state index contributed by atoms with van der Waals surface area (Å²) < 4.78 is 11.6. The van der Waals surface area contributed by atoms with Crippen molar-refractivity contribution in [1.82, 2.24) is 5.32 Å². The van der Waals surface area contributed by atoms with Crippen molar-refractivity contribution in [1.29, 1.82) is 0 Å². The van der Waals surface area contributed by atoms with E-state index < -0.39 is 5.54 Å². The van der Waals surface area contributed by atoms with Crippen molar-refractivity contribution in [2.45, 2.75) is 24.4 Å². The summed E-state index contributed by atoms with van der Waals surface area (Å²) in [5.74, 6) is 0.628. The van der Waals surface area contributed by atoms with Crippen molar-refractivity contribution in [3.63, 3.8) is 0 Å². The average Bonchev–Trinajstić information content (AvgIpc) is 2.47. The topological polar surface area (TPSA) is 71.0 Å². The van der Waals surface area contributed by atoms with E-state index >= 15 is 0 Å². The molecule has 124 valence electrons. The van der Waals surface area contributed by atoms with Crippen LogP contribution in [0.15, 0.2) is 16.6 Å². The Bertz CT molecular complexity index is 503. The van der Waals surface area contributed by atoms with Gasteiger partial charge in [-0.15, -0.1) is 0 Å². The van der Waals surface area contributed by atoms with Crippen molar-refractivity contribution in [3.05, 3.63) is 27.2 Å². The van der Waals surface area contributed by atoms with E-state index in [1.807, 2.05) is 12.1 Å². The molecule has 0 radical (unpaired) electrons. The fourth-order valence-electron chi connectivity index (χ4n) is 2.51. The normalized spacial score (nSPS) is 19.8. The predicted molar refractivity (Wildman–Crippen MR) is 88.5 cm³/mol. The molecule has 1 atom stereocenters. The Balaban J connectivity index is 2.06. The first-order valence-corrected chi connectivity index (χ1v) is 8.32. The summed E-state index contributed by atoms with van der Waals surface area (Å²) in [5, 5.41) is 22.5. The molecule has 2 rings (SSSR count). The molecule has 1 saturated heterocycles. The van der Waals surface area contributed by atoms with Gasteiger partial charge in [-0.25, -0.2) is 0 Å². The summed E-state index contributed by atoms with van der Waals surface area (Å²) >= 11 is 9.71. The van der Waals surface area contributed by atoms with Crippen LogP contribution >= 0.6 is 27.5 Å². The van der Waals surface area contributed by atoms with Gasteiger partial charge in [0, 0.05) is 30.7 Å². The van der Waals surface area contributed by atoms with Gasteiger partial charge in [0.15, 0.2) is 0 Å². The third-order valence-corrected chi connectivity index (χ3v) is 4.84. The molecule has 0 spiro atoms. The van der Waals surface area contributed by atoms with E-state index in [9.17, 15) is 10.2 Å². The van der Waals surface area contributed by atoms with Gasteiger partial charge in [0.05, 0.1) is 30.4 Å². The van der Waals surface area contributed by atoms with Crippen molar-refractivity contribution in [2.24, 2.45) is 0 Å². The SMILES string of the molecule is COCCCOc1cc(C2CC(CO)(CO)N2)c(Br)cc1Cl. The van der Waals surface area contributed by atoms with Crippen LogP contribution in [-0.2, 0) is 4.74 Å².